The fraction of sp³-hybridized carbons (Fsp3) is 0.686. The Balaban J connectivity index is 1.05. The summed E-state index contributed by atoms with van der Waals surface area (Å²) in [5, 5.41) is 2.85. The molecule has 2 aromatic rings. The van der Waals surface area contributed by atoms with E-state index in [9.17, 15) is 19.2 Å². The van der Waals surface area contributed by atoms with Gasteiger partial charge in [-0.25, -0.2) is 9.78 Å². The fourth-order valence-corrected chi connectivity index (χ4v) is 6.34. The van der Waals surface area contributed by atoms with E-state index >= 15 is 0 Å². The number of benzene rings is 1. The molecular formula is C35H50N4O6. The van der Waals surface area contributed by atoms with E-state index in [0.717, 1.165) is 62.6 Å². The van der Waals surface area contributed by atoms with E-state index in [0.29, 0.717) is 36.2 Å². The van der Waals surface area contributed by atoms with Gasteiger partial charge in [0.2, 0.25) is 5.91 Å². The number of rotatable bonds is 13. The number of likely N-dealkylation sites (tertiary alicyclic amines) is 1. The van der Waals surface area contributed by atoms with Gasteiger partial charge in [-0.3, -0.25) is 14.4 Å². The number of nitrogens with zero attached hydrogens (tertiary/aromatic N) is 2. The van der Waals surface area contributed by atoms with Crippen LogP contribution < -0.4 is 15.6 Å². The monoisotopic (exact) mass is 622 g/mol. The Kier molecular flexibility index (Phi) is 9.89. The summed E-state index contributed by atoms with van der Waals surface area (Å²) in [6, 6.07) is 4.40. The van der Waals surface area contributed by atoms with E-state index in [1.807, 2.05) is 59.7 Å². The Hall–Kier alpha value is -3.43. The molecule has 246 valence electrons. The maximum absolute atomic E-state index is 13.7. The summed E-state index contributed by atoms with van der Waals surface area (Å²) in [5.41, 5.74) is 1.30. The van der Waals surface area contributed by atoms with E-state index in [4.69, 9.17) is 9.47 Å². The van der Waals surface area contributed by atoms with Crippen LogP contribution >= 0.6 is 0 Å². The molecule has 0 radical (unpaired) electrons. The molecule has 2 aliphatic carbocycles. The second kappa shape index (κ2) is 13.5. The predicted molar refractivity (Wildman–Crippen MR) is 172 cm³/mol. The number of fused-ring (bicyclic) bond motifs is 1. The van der Waals surface area contributed by atoms with Gasteiger partial charge in [0.1, 0.15) is 23.6 Å². The number of unbranched alkanes of at least 4 members (excludes halogenated alkanes) is 2. The van der Waals surface area contributed by atoms with Crippen LogP contribution in [0, 0.1) is 23.2 Å². The molecule has 1 aromatic carbocycles. The molecule has 10 heteroatoms. The molecule has 10 nitrogen and oxygen atoms in total. The minimum Gasteiger partial charge on any atom is -0.490 e. The van der Waals surface area contributed by atoms with Crippen LogP contribution in [0.25, 0.3) is 11.0 Å². The molecule has 1 aromatic heterocycles. The predicted octanol–water partition coefficient (Wildman–Crippen LogP) is 5.56. The Morgan fingerprint density at radius 2 is 1.87 bits per heavy atom. The van der Waals surface area contributed by atoms with Crippen molar-refractivity contribution in [1.29, 1.82) is 0 Å². The SMILES string of the molecule is CC(C)C(=O)C1C(C)CCN1C(=O)C(NC(=O)OC1CC1CCCCCc1nc2ccc(OC3CC3)cc2[nH]c1=O)C(C)(C)C. The van der Waals surface area contributed by atoms with E-state index in [1.165, 1.54) is 0 Å². The van der Waals surface area contributed by atoms with E-state index < -0.39 is 23.6 Å². The largest absolute Gasteiger partial charge is 0.490 e. The highest BCUT2D eigenvalue weighted by molar-refractivity contribution is 5.94. The lowest BCUT2D eigenvalue weighted by molar-refractivity contribution is -0.143. The Labute approximate surface area is 266 Å². The Morgan fingerprint density at radius 3 is 2.56 bits per heavy atom. The first kappa shape index (κ1) is 32.9. The Morgan fingerprint density at radius 1 is 1.11 bits per heavy atom. The van der Waals surface area contributed by atoms with Gasteiger partial charge < -0.3 is 24.7 Å². The van der Waals surface area contributed by atoms with E-state index in [-0.39, 0.29) is 35.2 Å². The molecule has 3 fully saturated rings. The summed E-state index contributed by atoms with van der Waals surface area (Å²) < 4.78 is 11.5. The molecule has 0 spiro atoms. The van der Waals surface area contributed by atoms with Crippen molar-refractivity contribution in [3.05, 3.63) is 34.2 Å². The molecule has 2 heterocycles. The number of H-pyrrole nitrogens is 1. The molecule has 5 unspecified atom stereocenters. The van der Waals surface area contributed by atoms with Crippen molar-refractivity contribution in [3.8, 4) is 5.75 Å². The standard InChI is InChI=1S/C35H50N4O6/c1-20(2)30(40)29-21(3)16-17-39(29)33(42)31(35(4,5)6)38-34(43)45-28-18-22(28)10-8-7-9-11-26-32(41)37-27-19-24(44-23-12-13-23)14-15-25(27)36-26/h14-15,19-23,28-29,31H,7-13,16-18H2,1-6H3,(H,37,41)(H,38,43). The molecule has 2 N–H and O–H groups in total. The minimum atomic E-state index is -0.792. The number of aromatic amines is 1. The highest BCUT2D eigenvalue weighted by atomic mass is 16.6. The first-order chi connectivity index (χ1) is 21.3. The van der Waals surface area contributed by atoms with Crippen LogP contribution in [-0.2, 0) is 20.7 Å². The first-order valence-corrected chi connectivity index (χ1v) is 16.8. The number of ketones is 1. The lowest BCUT2D eigenvalue weighted by Crippen LogP contribution is -2.57. The number of hydrogen-bond acceptors (Lipinski definition) is 7. The van der Waals surface area contributed by atoms with Crippen molar-refractivity contribution in [2.24, 2.45) is 23.2 Å². The number of nitrogens with one attached hydrogen (secondary N) is 2. The average molecular weight is 623 g/mol. The zero-order chi connectivity index (χ0) is 32.5. The second-order valence-electron chi connectivity index (χ2n) is 14.8. The zero-order valence-corrected chi connectivity index (χ0v) is 27.7. The lowest BCUT2D eigenvalue weighted by atomic mass is 9.85. The molecule has 1 saturated heterocycles. The average Bonchev–Trinajstić information content (AvgIpc) is 3.89. The molecule has 2 amide bonds. The van der Waals surface area contributed by atoms with Gasteiger partial charge in [0.05, 0.1) is 23.2 Å². The van der Waals surface area contributed by atoms with Crippen molar-refractivity contribution in [3.63, 3.8) is 0 Å². The van der Waals surface area contributed by atoms with Gasteiger partial charge in [-0.1, -0.05) is 54.4 Å². The fourth-order valence-electron chi connectivity index (χ4n) is 6.34. The van der Waals surface area contributed by atoms with Gasteiger partial charge in [-0.05, 0) is 74.3 Å². The molecular weight excluding hydrogens is 572 g/mol. The third kappa shape index (κ3) is 8.24. The molecule has 3 aliphatic rings. The van der Waals surface area contributed by atoms with Crippen molar-refractivity contribution < 1.29 is 23.9 Å². The minimum absolute atomic E-state index is 0.0674. The number of aromatic nitrogens is 2. The molecule has 2 saturated carbocycles. The van der Waals surface area contributed by atoms with Crippen LogP contribution in [0.4, 0.5) is 4.79 Å². The number of amides is 2. The number of ether oxygens (including phenoxy) is 2. The first-order valence-electron chi connectivity index (χ1n) is 16.8. The number of carbonyl (C=O) groups excluding carboxylic acids is 3. The van der Waals surface area contributed by atoms with Crippen LogP contribution in [0.1, 0.15) is 98.6 Å². The quantitative estimate of drug-likeness (QED) is 0.280. The maximum atomic E-state index is 13.7. The highest BCUT2D eigenvalue weighted by Gasteiger charge is 2.46. The maximum Gasteiger partial charge on any atom is 0.408 e. The summed E-state index contributed by atoms with van der Waals surface area (Å²) in [6.07, 6.45) is 7.65. The van der Waals surface area contributed by atoms with Gasteiger partial charge in [0.25, 0.3) is 5.56 Å². The van der Waals surface area contributed by atoms with Gasteiger partial charge in [0, 0.05) is 18.5 Å². The summed E-state index contributed by atoms with van der Waals surface area (Å²) in [4.78, 5) is 61.3. The molecule has 5 rings (SSSR count). The number of Topliss-reactive ketones (excluding diaryl/α,β-unsaturated/α-hetero) is 1. The number of aryl methyl sites for hydroxylation is 1. The van der Waals surface area contributed by atoms with Crippen LogP contribution in [0.2, 0.25) is 0 Å². The molecule has 5 atom stereocenters. The topological polar surface area (TPSA) is 131 Å². The van der Waals surface area contributed by atoms with Crippen LogP contribution in [0.15, 0.2) is 23.0 Å². The number of carbonyl (C=O) groups is 3. The zero-order valence-electron chi connectivity index (χ0n) is 27.7. The Bertz CT molecular complexity index is 1460. The van der Waals surface area contributed by atoms with Gasteiger partial charge in [-0.15, -0.1) is 0 Å². The highest BCUT2D eigenvalue weighted by Crippen LogP contribution is 2.38. The lowest BCUT2D eigenvalue weighted by Gasteiger charge is -2.36. The van der Waals surface area contributed by atoms with E-state index in [2.05, 4.69) is 15.3 Å². The van der Waals surface area contributed by atoms with Crippen molar-refractivity contribution >= 4 is 28.8 Å². The van der Waals surface area contributed by atoms with Gasteiger partial charge in [0.15, 0.2) is 5.78 Å². The van der Waals surface area contributed by atoms with Crippen molar-refractivity contribution in [1.82, 2.24) is 20.2 Å². The molecule has 45 heavy (non-hydrogen) atoms. The smallest absolute Gasteiger partial charge is 0.408 e. The van der Waals surface area contributed by atoms with Crippen LogP contribution in [0.5, 0.6) is 5.75 Å². The van der Waals surface area contributed by atoms with Gasteiger partial charge in [-0.2, -0.15) is 0 Å². The summed E-state index contributed by atoms with van der Waals surface area (Å²) in [7, 11) is 0. The second-order valence-corrected chi connectivity index (χ2v) is 14.8. The van der Waals surface area contributed by atoms with Crippen molar-refractivity contribution in [2.45, 2.75) is 124 Å². The normalized spacial score (nSPS) is 23.7. The molecule has 0 bridgehead atoms. The third-order valence-electron chi connectivity index (χ3n) is 9.38. The van der Waals surface area contributed by atoms with Crippen LogP contribution in [-0.4, -0.2) is 63.5 Å². The van der Waals surface area contributed by atoms with E-state index in [1.54, 1.807) is 4.90 Å². The van der Waals surface area contributed by atoms with Crippen molar-refractivity contribution in [2.75, 3.05) is 6.54 Å². The summed E-state index contributed by atoms with van der Waals surface area (Å²) in [5.74, 6) is 0.847. The van der Waals surface area contributed by atoms with Crippen LogP contribution in [0.3, 0.4) is 0 Å². The third-order valence-corrected chi connectivity index (χ3v) is 9.38. The number of alkyl carbamates (subject to hydrolysis) is 1. The van der Waals surface area contributed by atoms with Gasteiger partial charge >= 0.3 is 6.09 Å². The summed E-state index contributed by atoms with van der Waals surface area (Å²) >= 11 is 0. The summed E-state index contributed by atoms with van der Waals surface area (Å²) in [6.45, 7) is 12.0. The number of hydrogen-bond donors (Lipinski definition) is 2. The molecule has 1 aliphatic heterocycles.